The number of aliphatic carboxylic acids is 2. The van der Waals surface area contributed by atoms with Crippen LogP contribution in [0.1, 0.15) is 18.4 Å². The predicted molar refractivity (Wildman–Crippen MR) is 80.1 cm³/mol. The van der Waals surface area contributed by atoms with Crippen LogP contribution in [0.2, 0.25) is 0 Å². The Kier molecular flexibility index (Phi) is 8.31. The lowest BCUT2D eigenvalue weighted by atomic mass is 10.0. The molecule has 2 rings (SSSR count). The zero-order valence-electron chi connectivity index (χ0n) is 12.4. The number of hydroxylamine groups is 1. The van der Waals surface area contributed by atoms with Gasteiger partial charge >= 0.3 is 11.9 Å². The number of nitrogens with one attached hydrogen (secondary N) is 2. The molecule has 8 nitrogen and oxygen atoms in total. The number of benzene rings is 1. The van der Waals surface area contributed by atoms with Crippen LogP contribution in [-0.2, 0) is 21.0 Å². The summed E-state index contributed by atoms with van der Waals surface area (Å²) in [4.78, 5) is 23.7. The highest BCUT2D eigenvalue weighted by Gasteiger charge is 2.19. The van der Waals surface area contributed by atoms with E-state index in [1.807, 2.05) is 30.3 Å². The van der Waals surface area contributed by atoms with E-state index < -0.39 is 11.9 Å². The highest BCUT2D eigenvalue weighted by atomic mass is 16.6. The van der Waals surface area contributed by atoms with Crippen molar-refractivity contribution in [2.24, 2.45) is 0 Å². The molecule has 2 atom stereocenters. The lowest BCUT2D eigenvalue weighted by molar-refractivity contribution is -0.159. The van der Waals surface area contributed by atoms with Crippen molar-refractivity contribution in [1.82, 2.24) is 10.8 Å². The molecule has 0 aliphatic carbocycles. The quantitative estimate of drug-likeness (QED) is 0.466. The molecule has 0 amide bonds. The van der Waals surface area contributed by atoms with E-state index in [2.05, 4.69) is 16.9 Å². The van der Waals surface area contributed by atoms with Crippen molar-refractivity contribution in [3.05, 3.63) is 35.9 Å². The molecule has 0 saturated carbocycles. The fourth-order valence-corrected chi connectivity index (χ4v) is 1.88. The second-order valence-electron chi connectivity index (χ2n) is 4.87. The van der Waals surface area contributed by atoms with E-state index in [0.29, 0.717) is 12.6 Å². The first-order valence-corrected chi connectivity index (χ1v) is 7.03. The Balaban J connectivity index is 0.000000379. The van der Waals surface area contributed by atoms with Crippen molar-refractivity contribution in [3.8, 4) is 6.07 Å². The monoisotopic (exact) mass is 321 g/mol. The number of hydrogen-bond donors (Lipinski definition) is 4. The topological polar surface area (TPSA) is 132 Å². The molecule has 0 bridgehead atoms. The van der Waals surface area contributed by atoms with Gasteiger partial charge in [0.1, 0.15) is 0 Å². The summed E-state index contributed by atoms with van der Waals surface area (Å²) in [5.41, 5.74) is 4.19. The number of carbonyl (C=O) groups is 2. The molecular formula is C15H19N3O5. The molecule has 0 aromatic heterocycles. The van der Waals surface area contributed by atoms with Crippen LogP contribution in [0.3, 0.4) is 0 Å². The fraction of sp³-hybridized carbons (Fsp3) is 0.400. The number of nitriles is 1. The number of rotatable bonds is 4. The SMILES string of the molecule is N#C[C@@H]1CC[C@@H](NOCc2ccccc2)CN1.O=C(O)C(=O)O. The molecule has 1 fully saturated rings. The zero-order valence-corrected chi connectivity index (χ0v) is 12.4. The summed E-state index contributed by atoms with van der Waals surface area (Å²) in [6.07, 6.45) is 1.85. The van der Waals surface area contributed by atoms with Gasteiger partial charge in [-0.1, -0.05) is 30.3 Å². The molecule has 8 heteroatoms. The number of carboxylic acids is 2. The summed E-state index contributed by atoms with van der Waals surface area (Å²) >= 11 is 0. The van der Waals surface area contributed by atoms with Gasteiger partial charge in [-0.25, -0.2) is 9.59 Å². The third-order valence-corrected chi connectivity index (χ3v) is 3.08. The summed E-state index contributed by atoms with van der Waals surface area (Å²) in [6.45, 7) is 1.35. The van der Waals surface area contributed by atoms with E-state index in [1.54, 1.807) is 0 Å². The van der Waals surface area contributed by atoms with Gasteiger partial charge in [-0.2, -0.15) is 10.7 Å². The Morgan fingerprint density at radius 2 is 1.91 bits per heavy atom. The summed E-state index contributed by atoms with van der Waals surface area (Å²) in [5.74, 6) is -3.65. The van der Waals surface area contributed by atoms with Gasteiger partial charge in [-0.05, 0) is 18.4 Å². The Labute approximate surface area is 133 Å². The van der Waals surface area contributed by atoms with Gasteiger partial charge in [0.15, 0.2) is 0 Å². The summed E-state index contributed by atoms with van der Waals surface area (Å²) in [6, 6.07) is 12.6. The fourth-order valence-electron chi connectivity index (χ4n) is 1.88. The molecule has 0 spiro atoms. The molecule has 4 N–H and O–H groups in total. The first kappa shape index (κ1) is 18.6. The molecule has 124 valence electrons. The molecule has 1 saturated heterocycles. The number of piperidine rings is 1. The highest BCUT2D eigenvalue weighted by molar-refractivity contribution is 6.27. The van der Waals surface area contributed by atoms with Crippen LogP contribution in [-0.4, -0.2) is 40.8 Å². The molecule has 1 aromatic carbocycles. The van der Waals surface area contributed by atoms with Gasteiger partial charge < -0.3 is 15.5 Å². The third kappa shape index (κ3) is 7.92. The van der Waals surface area contributed by atoms with Crippen LogP contribution in [0.5, 0.6) is 0 Å². The van der Waals surface area contributed by atoms with Crippen LogP contribution >= 0.6 is 0 Å². The molecule has 0 radical (unpaired) electrons. The average Bonchev–Trinajstić information content (AvgIpc) is 2.57. The van der Waals surface area contributed by atoms with Crippen LogP contribution in [0.25, 0.3) is 0 Å². The molecule has 1 aliphatic heterocycles. The van der Waals surface area contributed by atoms with E-state index >= 15 is 0 Å². The lowest BCUT2D eigenvalue weighted by Gasteiger charge is -2.26. The smallest absolute Gasteiger partial charge is 0.414 e. The number of hydrogen-bond acceptors (Lipinski definition) is 6. The van der Waals surface area contributed by atoms with Crippen LogP contribution in [0.15, 0.2) is 30.3 Å². The standard InChI is InChI=1S/C13H17N3O.C2H2O4/c14-8-12-6-7-13(9-15-12)16-17-10-11-4-2-1-3-5-11;3-1(4)2(5)6/h1-5,12-13,15-16H,6-7,9-10H2;(H,3,4)(H,5,6)/t12-,13+;/m0./s1. The average molecular weight is 321 g/mol. The molecule has 1 aromatic rings. The maximum Gasteiger partial charge on any atom is 0.414 e. The second-order valence-corrected chi connectivity index (χ2v) is 4.87. The minimum Gasteiger partial charge on any atom is -0.473 e. The maximum absolute atomic E-state index is 9.10. The molecule has 1 aliphatic rings. The van der Waals surface area contributed by atoms with E-state index in [1.165, 1.54) is 0 Å². The van der Waals surface area contributed by atoms with Crippen molar-refractivity contribution < 1.29 is 24.6 Å². The first-order valence-electron chi connectivity index (χ1n) is 7.03. The Hall–Kier alpha value is -2.47. The van der Waals surface area contributed by atoms with Gasteiger partial charge in [-0.15, -0.1) is 0 Å². The van der Waals surface area contributed by atoms with Crippen molar-refractivity contribution in [2.75, 3.05) is 6.54 Å². The van der Waals surface area contributed by atoms with E-state index in [0.717, 1.165) is 24.9 Å². The lowest BCUT2D eigenvalue weighted by Crippen LogP contribution is -2.47. The van der Waals surface area contributed by atoms with E-state index in [4.69, 9.17) is 29.9 Å². The van der Waals surface area contributed by atoms with Crippen molar-refractivity contribution >= 4 is 11.9 Å². The zero-order chi connectivity index (χ0) is 17.1. The Bertz CT molecular complexity index is 524. The third-order valence-electron chi connectivity index (χ3n) is 3.08. The van der Waals surface area contributed by atoms with Crippen LogP contribution < -0.4 is 10.8 Å². The van der Waals surface area contributed by atoms with Crippen molar-refractivity contribution in [2.45, 2.75) is 31.5 Å². The number of carboxylic acid groups (broad SMARTS) is 2. The molecular weight excluding hydrogens is 302 g/mol. The minimum atomic E-state index is -1.82. The van der Waals surface area contributed by atoms with Gasteiger partial charge in [-0.3, -0.25) is 4.84 Å². The summed E-state index contributed by atoms with van der Waals surface area (Å²) in [7, 11) is 0. The van der Waals surface area contributed by atoms with E-state index in [9.17, 15) is 0 Å². The van der Waals surface area contributed by atoms with Crippen LogP contribution in [0, 0.1) is 11.3 Å². The summed E-state index contributed by atoms with van der Waals surface area (Å²) < 4.78 is 0. The van der Waals surface area contributed by atoms with Gasteiger partial charge in [0.2, 0.25) is 0 Å². The van der Waals surface area contributed by atoms with Gasteiger partial charge in [0, 0.05) is 12.6 Å². The van der Waals surface area contributed by atoms with Gasteiger partial charge in [0.25, 0.3) is 0 Å². The largest absolute Gasteiger partial charge is 0.473 e. The van der Waals surface area contributed by atoms with Gasteiger partial charge in [0.05, 0.1) is 18.7 Å². The highest BCUT2D eigenvalue weighted by Crippen LogP contribution is 2.08. The molecule has 1 heterocycles. The van der Waals surface area contributed by atoms with Crippen molar-refractivity contribution in [1.29, 1.82) is 5.26 Å². The summed E-state index contributed by atoms with van der Waals surface area (Å²) in [5, 5.41) is 26.7. The molecule has 0 unspecified atom stereocenters. The van der Waals surface area contributed by atoms with Crippen LogP contribution in [0.4, 0.5) is 0 Å². The first-order chi connectivity index (χ1) is 11.0. The predicted octanol–water partition coefficient (Wildman–Crippen LogP) is 0.508. The maximum atomic E-state index is 9.10. The molecule has 23 heavy (non-hydrogen) atoms. The Morgan fingerprint density at radius 1 is 1.26 bits per heavy atom. The minimum absolute atomic E-state index is 0.00201. The normalized spacial score (nSPS) is 19.8. The number of nitrogens with zero attached hydrogens (tertiary/aromatic N) is 1. The van der Waals surface area contributed by atoms with Crippen molar-refractivity contribution in [3.63, 3.8) is 0 Å². The second kappa shape index (κ2) is 10.3. The van der Waals surface area contributed by atoms with E-state index in [-0.39, 0.29) is 6.04 Å². The Morgan fingerprint density at radius 3 is 2.39 bits per heavy atom.